The quantitative estimate of drug-likeness (QED) is 0.202. The molecule has 0 fully saturated rings. The molecule has 31 heavy (non-hydrogen) atoms. The Morgan fingerprint density at radius 1 is 1.10 bits per heavy atom. The Hall–Kier alpha value is -3.28. The molecule has 0 radical (unpaired) electrons. The maximum Gasteiger partial charge on any atom is 0.277 e. The van der Waals surface area contributed by atoms with E-state index in [2.05, 4.69) is 24.0 Å². The third-order valence-corrected chi connectivity index (χ3v) is 4.56. The van der Waals surface area contributed by atoms with E-state index in [4.69, 9.17) is 14.2 Å². The molecule has 2 aromatic carbocycles. The van der Waals surface area contributed by atoms with Crippen molar-refractivity contribution in [2.75, 3.05) is 20.3 Å². The molecule has 0 spiro atoms. The summed E-state index contributed by atoms with van der Waals surface area (Å²) < 4.78 is 16.8. The average Bonchev–Trinajstić information content (AvgIpc) is 2.79. The number of para-hydroxylation sites is 1. The number of carbonyl (C=O) groups excluding carboxylic acids is 1. The average molecular weight is 425 g/mol. The lowest BCUT2D eigenvalue weighted by Crippen LogP contribution is -2.24. The Morgan fingerprint density at radius 2 is 1.94 bits per heavy atom. The summed E-state index contributed by atoms with van der Waals surface area (Å²) in [6.45, 7) is 6.42. The number of hydrazone groups is 1. The summed E-state index contributed by atoms with van der Waals surface area (Å²) in [6, 6.07) is 13.1. The molecule has 2 aromatic rings. The first-order valence-electron chi connectivity index (χ1n) is 10.6. The van der Waals surface area contributed by atoms with Crippen LogP contribution in [0.15, 0.2) is 60.2 Å². The summed E-state index contributed by atoms with van der Waals surface area (Å²) >= 11 is 0. The number of rotatable bonds is 14. The van der Waals surface area contributed by atoms with Crippen LogP contribution >= 0.6 is 0 Å². The van der Waals surface area contributed by atoms with Crippen LogP contribution in [0.2, 0.25) is 0 Å². The number of methoxy groups -OCH3 is 1. The van der Waals surface area contributed by atoms with E-state index in [1.165, 1.54) is 12.8 Å². The van der Waals surface area contributed by atoms with Gasteiger partial charge in [0, 0.05) is 5.56 Å². The first-order chi connectivity index (χ1) is 15.2. The van der Waals surface area contributed by atoms with E-state index in [-0.39, 0.29) is 12.5 Å². The van der Waals surface area contributed by atoms with Crippen molar-refractivity contribution < 1.29 is 19.0 Å². The Bertz CT molecular complexity index is 864. The first kappa shape index (κ1) is 24.0. The number of amides is 1. The van der Waals surface area contributed by atoms with Crippen molar-refractivity contribution >= 4 is 12.1 Å². The summed E-state index contributed by atoms with van der Waals surface area (Å²) in [6.07, 6.45) is 8.54. The molecule has 0 aromatic heterocycles. The Labute approximate surface area is 184 Å². The smallest absolute Gasteiger partial charge is 0.277 e. The van der Waals surface area contributed by atoms with Crippen LogP contribution in [0.3, 0.4) is 0 Å². The molecule has 6 heteroatoms. The lowest BCUT2D eigenvalue weighted by atomic mass is 10.1. The summed E-state index contributed by atoms with van der Waals surface area (Å²) in [5.41, 5.74) is 4.20. The van der Waals surface area contributed by atoms with Gasteiger partial charge in [-0.3, -0.25) is 4.79 Å². The third-order valence-electron chi connectivity index (χ3n) is 4.56. The molecule has 2 rings (SSSR count). The van der Waals surface area contributed by atoms with Crippen molar-refractivity contribution in [1.29, 1.82) is 0 Å². The van der Waals surface area contributed by atoms with Gasteiger partial charge < -0.3 is 14.2 Å². The predicted molar refractivity (Wildman–Crippen MR) is 124 cm³/mol. The van der Waals surface area contributed by atoms with Crippen LogP contribution in [0.25, 0.3) is 0 Å². The molecule has 0 heterocycles. The van der Waals surface area contributed by atoms with Crippen LogP contribution in [0.1, 0.15) is 43.7 Å². The van der Waals surface area contributed by atoms with Crippen molar-refractivity contribution in [3.63, 3.8) is 0 Å². The minimum atomic E-state index is -0.352. The second kappa shape index (κ2) is 13.9. The van der Waals surface area contributed by atoms with E-state index in [0.717, 1.165) is 24.0 Å². The van der Waals surface area contributed by atoms with Gasteiger partial charge in [0.05, 0.1) is 19.9 Å². The number of hydrogen-bond acceptors (Lipinski definition) is 5. The second-order valence-corrected chi connectivity index (χ2v) is 7.00. The standard InChI is InChI=1S/C25H32N2O4/c1-4-6-7-10-16-30-24-15-14-22(29-3)17-21(24)18-26-27-25(28)19-31-23-13-9-8-12-20(23)11-5-2/h5,8-9,12-15,17-18H,2,4,6-7,10-11,16,19H2,1,3H3,(H,27,28)/b26-18-. The van der Waals surface area contributed by atoms with Crippen LogP contribution in [0.5, 0.6) is 17.2 Å². The molecule has 0 unspecified atom stereocenters. The highest BCUT2D eigenvalue weighted by Gasteiger charge is 2.07. The highest BCUT2D eigenvalue weighted by atomic mass is 16.5. The molecule has 1 amide bonds. The number of ether oxygens (including phenoxy) is 3. The Kier molecular flexibility index (Phi) is 10.7. The van der Waals surface area contributed by atoms with Crippen LogP contribution in [-0.2, 0) is 11.2 Å². The molecular formula is C25H32N2O4. The molecule has 166 valence electrons. The van der Waals surface area contributed by atoms with Crippen LogP contribution < -0.4 is 19.6 Å². The molecular weight excluding hydrogens is 392 g/mol. The normalized spacial score (nSPS) is 10.6. The summed E-state index contributed by atoms with van der Waals surface area (Å²) in [5.74, 6) is 1.70. The molecule has 6 nitrogen and oxygen atoms in total. The van der Waals surface area contributed by atoms with Gasteiger partial charge in [0.2, 0.25) is 0 Å². The number of nitrogens with zero attached hydrogens (tertiary/aromatic N) is 1. The maximum absolute atomic E-state index is 12.1. The van der Waals surface area contributed by atoms with E-state index in [1.54, 1.807) is 19.4 Å². The van der Waals surface area contributed by atoms with Crippen molar-refractivity contribution in [1.82, 2.24) is 5.43 Å². The number of hydrogen-bond donors (Lipinski definition) is 1. The topological polar surface area (TPSA) is 69.2 Å². The molecule has 1 N–H and O–H groups in total. The second-order valence-electron chi connectivity index (χ2n) is 7.00. The van der Waals surface area contributed by atoms with Crippen molar-refractivity contribution in [2.24, 2.45) is 5.10 Å². The molecule has 0 aliphatic heterocycles. The molecule has 0 saturated carbocycles. The number of carbonyl (C=O) groups is 1. The monoisotopic (exact) mass is 424 g/mol. The number of nitrogens with one attached hydrogen (secondary N) is 1. The van der Waals surface area contributed by atoms with Crippen molar-refractivity contribution in [3.05, 3.63) is 66.2 Å². The van der Waals surface area contributed by atoms with E-state index in [0.29, 0.717) is 30.3 Å². The van der Waals surface area contributed by atoms with Gasteiger partial charge in [-0.1, -0.05) is 50.5 Å². The zero-order valence-corrected chi connectivity index (χ0v) is 18.4. The van der Waals surface area contributed by atoms with Gasteiger partial charge in [0.15, 0.2) is 6.61 Å². The fourth-order valence-electron chi connectivity index (χ4n) is 2.91. The van der Waals surface area contributed by atoms with Gasteiger partial charge in [-0.15, -0.1) is 6.58 Å². The summed E-state index contributed by atoms with van der Waals surface area (Å²) in [4.78, 5) is 12.1. The van der Waals surface area contributed by atoms with E-state index in [9.17, 15) is 4.79 Å². The van der Waals surface area contributed by atoms with E-state index >= 15 is 0 Å². The number of unbranched alkanes of at least 4 members (excludes halogenated alkanes) is 3. The fourth-order valence-corrected chi connectivity index (χ4v) is 2.91. The van der Waals surface area contributed by atoms with Crippen LogP contribution in [0.4, 0.5) is 0 Å². The van der Waals surface area contributed by atoms with E-state index in [1.807, 2.05) is 42.5 Å². The van der Waals surface area contributed by atoms with Crippen molar-refractivity contribution in [3.8, 4) is 17.2 Å². The highest BCUT2D eigenvalue weighted by molar-refractivity contribution is 5.86. The minimum absolute atomic E-state index is 0.135. The number of benzene rings is 2. The van der Waals surface area contributed by atoms with Gasteiger partial charge in [0.25, 0.3) is 5.91 Å². The largest absolute Gasteiger partial charge is 0.497 e. The van der Waals surface area contributed by atoms with Gasteiger partial charge in [-0.2, -0.15) is 5.10 Å². The lowest BCUT2D eigenvalue weighted by molar-refractivity contribution is -0.123. The first-order valence-corrected chi connectivity index (χ1v) is 10.6. The Balaban J connectivity index is 1.91. The highest BCUT2D eigenvalue weighted by Crippen LogP contribution is 2.23. The van der Waals surface area contributed by atoms with Gasteiger partial charge >= 0.3 is 0 Å². The van der Waals surface area contributed by atoms with Gasteiger partial charge in [-0.25, -0.2) is 5.43 Å². The SMILES string of the molecule is C=CCc1ccccc1OCC(=O)N/N=C\c1cc(OC)ccc1OCCCCCC. The third kappa shape index (κ3) is 8.54. The fraction of sp³-hybridized carbons (Fsp3) is 0.360. The van der Waals surface area contributed by atoms with Gasteiger partial charge in [0.1, 0.15) is 17.2 Å². The molecule has 0 aliphatic carbocycles. The predicted octanol–water partition coefficient (Wildman–Crippen LogP) is 4.91. The molecule has 0 atom stereocenters. The maximum atomic E-state index is 12.1. The number of allylic oxidation sites excluding steroid dienone is 1. The lowest BCUT2D eigenvalue weighted by Gasteiger charge is -2.11. The van der Waals surface area contributed by atoms with Crippen LogP contribution in [-0.4, -0.2) is 32.4 Å². The zero-order valence-electron chi connectivity index (χ0n) is 18.4. The Morgan fingerprint density at radius 3 is 2.71 bits per heavy atom. The zero-order chi connectivity index (χ0) is 22.3. The van der Waals surface area contributed by atoms with Crippen molar-refractivity contribution in [2.45, 2.75) is 39.0 Å². The van der Waals surface area contributed by atoms with Crippen LogP contribution in [0, 0.1) is 0 Å². The molecule has 0 saturated heterocycles. The molecule has 0 aliphatic rings. The summed E-state index contributed by atoms with van der Waals surface area (Å²) in [5, 5.41) is 4.05. The van der Waals surface area contributed by atoms with Gasteiger partial charge in [-0.05, 0) is 42.7 Å². The van der Waals surface area contributed by atoms with E-state index < -0.39 is 0 Å². The molecule has 0 bridgehead atoms. The minimum Gasteiger partial charge on any atom is -0.497 e. The summed E-state index contributed by atoms with van der Waals surface area (Å²) in [7, 11) is 1.60.